The molecule has 1 aromatic rings. The highest BCUT2D eigenvalue weighted by Gasteiger charge is 2.62. The molecule has 0 saturated heterocycles. The first-order chi connectivity index (χ1) is 11.4. The Hall–Kier alpha value is -1.06. The van der Waals surface area contributed by atoms with Crippen LogP contribution in [-0.2, 0) is 6.42 Å². The van der Waals surface area contributed by atoms with E-state index in [2.05, 4.69) is 25.1 Å². The lowest BCUT2D eigenvalue weighted by atomic mass is 9.55. The largest absolute Gasteiger partial charge is 0.497 e. The zero-order valence-electron chi connectivity index (χ0n) is 15.1. The van der Waals surface area contributed by atoms with E-state index in [1.165, 1.54) is 11.1 Å². The van der Waals surface area contributed by atoms with Crippen LogP contribution < -0.4 is 4.74 Å². The van der Waals surface area contributed by atoms with Gasteiger partial charge in [-0.1, -0.05) is 19.9 Å². The average Bonchev–Trinajstić information content (AvgIpc) is 2.82. The fraction of sp³-hybridized carbons (Fsp3) is 0.714. The normalized spacial score (nSPS) is 43.7. The smallest absolute Gasteiger partial charge is 0.119 e. The van der Waals surface area contributed by atoms with Crippen molar-refractivity contribution in [1.29, 1.82) is 0 Å². The molecule has 4 rings (SSSR count). The first-order valence-electron chi connectivity index (χ1n) is 9.50. The molecule has 0 bridgehead atoms. The van der Waals surface area contributed by atoms with Crippen molar-refractivity contribution in [2.75, 3.05) is 7.11 Å². The molecular formula is C21H30O3. The number of hydrogen-bond acceptors (Lipinski definition) is 3. The summed E-state index contributed by atoms with van der Waals surface area (Å²) in [6.07, 6.45) is 5.19. The van der Waals surface area contributed by atoms with Crippen molar-refractivity contribution in [2.24, 2.45) is 17.3 Å². The van der Waals surface area contributed by atoms with Gasteiger partial charge in [-0.25, -0.2) is 0 Å². The summed E-state index contributed by atoms with van der Waals surface area (Å²) in [5.41, 5.74) is 1.89. The minimum atomic E-state index is -0.894. The lowest BCUT2D eigenvalue weighted by molar-refractivity contribution is -0.101. The van der Waals surface area contributed by atoms with Crippen molar-refractivity contribution < 1.29 is 14.9 Å². The number of methoxy groups -OCH3 is 1. The van der Waals surface area contributed by atoms with Gasteiger partial charge in [-0.2, -0.15) is 0 Å². The summed E-state index contributed by atoms with van der Waals surface area (Å²) in [5, 5.41) is 21.8. The van der Waals surface area contributed by atoms with Crippen LogP contribution in [-0.4, -0.2) is 29.0 Å². The van der Waals surface area contributed by atoms with E-state index in [0.717, 1.165) is 37.9 Å². The molecule has 2 N–H and O–H groups in total. The van der Waals surface area contributed by atoms with Crippen molar-refractivity contribution in [3.63, 3.8) is 0 Å². The summed E-state index contributed by atoms with van der Waals surface area (Å²) in [6.45, 7) is 4.22. The monoisotopic (exact) mass is 330 g/mol. The van der Waals surface area contributed by atoms with Gasteiger partial charge in [-0.05, 0) is 85.0 Å². The third-order valence-electron chi connectivity index (χ3n) is 7.69. The molecule has 0 spiro atoms. The van der Waals surface area contributed by atoms with Gasteiger partial charge in [-0.3, -0.25) is 0 Å². The topological polar surface area (TPSA) is 49.7 Å². The predicted molar refractivity (Wildman–Crippen MR) is 94.2 cm³/mol. The van der Waals surface area contributed by atoms with Gasteiger partial charge in [0, 0.05) is 0 Å². The second-order valence-electron chi connectivity index (χ2n) is 8.59. The van der Waals surface area contributed by atoms with E-state index < -0.39 is 11.7 Å². The van der Waals surface area contributed by atoms with Gasteiger partial charge in [0.15, 0.2) is 0 Å². The van der Waals surface area contributed by atoms with Crippen LogP contribution in [0.5, 0.6) is 5.75 Å². The maximum absolute atomic E-state index is 11.0. The second kappa shape index (κ2) is 5.47. The van der Waals surface area contributed by atoms with Crippen LogP contribution in [0.25, 0.3) is 0 Å². The summed E-state index contributed by atoms with van der Waals surface area (Å²) in [6, 6.07) is 6.54. The average molecular weight is 330 g/mol. The fourth-order valence-electron chi connectivity index (χ4n) is 6.20. The highest BCUT2D eigenvalue weighted by atomic mass is 16.5. The van der Waals surface area contributed by atoms with E-state index in [1.807, 2.05) is 6.92 Å². The van der Waals surface area contributed by atoms with Gasteiger partial charge in [0.1, 0.15) is 5.75 Å². The standard InChI is InChI=1S/C21H30O3/c1-4-21(23)12-18-17-7-5-13-11-14(24-3)6-8-15(13)16(17)9-10-20(18,2)19(21)22/h6,8,11,16-19,22-23H,4-5,7,9-10,12H2,1-3H3/t16-,17+,18+,19-,20-,21+/m0/s1. The van der Waals surface area contributed by atoms with E-state index in [0.29, 0.717) is 24.2 Å². The lowest BCUT2D eigenvalue weighted by Gasteiger charge is -2.50. The molecule has 3 aliphatic carbocycles. The van der Waals surface area contributed by atoms with Crippen LogP contribution in [0.3, 0.4) is 0 Å². The summed E-state index contributed by atoms with van der Waals surface area (Å²) >= 11 is 0. The first-order valence-corrected chi connectivity index (χ1v) is 9.50. The van der Waals surface area contributed by atoms with Crippen LogP contribution in [0.4, 0.5) is 0 Å². The molecule has 1 aromatic carbocycles. The molecular weight excluding hydrogens is 300 g/mol. The Bertz CT molecular complexity index is 642. The molecule has 0 radical (unpaired) electrons. The summed E-state index contributed by atoms with van der Waals surface area (Å²) in [5.74, 6) is 2.53. The van der Waals surface area contributed by atoms with Gasteiger partial charge in [0.25, 0.3) is 0 Å². The highest BCUT2D eigenvalue weighted by molar-refractivity contribution is 5.41. The van der Waals surface area contributed by atoms with Crippen LogP contribution in [0.1, 0.15) is 63.0 Å². The van der Waals surface area contributed by atoms with E-state index in [4.69, 9.17) is 4.74 Å². The Morgan fingerprint density at radius 1 is 1.29 bits per heavy atom. The van der Waals surface area contributed by atoms with Gasteiger partial charge < -0.3 is 14.9 Å². The third kappa shape index (κ3) is 2.10. The maximum atomic E-state index is 11.0. The molecule has 0 unspecified atom stereocenters. The minimum absolute atomic E-state index is 0.129. The summed E-state index contributed by atoms with van der Waals surface area (Å²) in [4.78, 5) is 0. The quantitative estimate of drug-likeness (QED) is 0.870. The Kier molecular flexibility index (Phi) is 3.74. The Morgan fingerprint density at radius 3 is 2.79 bits per heavy atom. The van der Waals surface area contributed by atoms with Crippen molar-refractivity contribution in [2.45, 2.75) is 70.0 Å². The molecule has 0 heterocycles. The molecule has 24 heavy (non-hydrogen) atoms. The summed E-state index contributed by atoms with van der Waals surface area (Å²) < 4.78 is 5.39. The molecule has 0 aliphatic heterocycles. The lowest BCUT2D eigenvalue weighted by Crippen LogP contribution is -2.47. The van der Waals surface area contributed by atoms with Gasteiger partial charge in [0.05, 0.1) is 18.8 Å². The second-order valence-corrected chi connectivity index (χ2v) is 8.59. The Morgan fingerprint density at radius 2 is 2.08 bits per heavy atom. The molecule has 3 heteroatoms. The number of aryl methyl sites for hydroxylation is 1. The van der Waals surface area contributed by atoms with Crippen molar-refractivity contribution in [3.05, 3.63) is 29.3 Å². The molecule has 0 aromatic heterocycles. The van der Waals surface area contributed by atoms with Gasteiger partial charge in [0.2, 0.25) is 0 Å². The third-order valence-corrected chi connectivity index (χ3v) is 7.69. The fourth-order valence-corrected chi connectivity index (χ4v) is 6.20. The highest BCUT2D eigenvalue weighted by Crippen LogP contribution is 2.63. The van der Waals surface area contributed by atoms with Crippen LogP contribution >= 0.6 is 0 Å². The van der Waals surface area contributed by atoms with Crippen LogP contribution in [0, 0.1) is 17.3 Å². The SMILES string of the molecule is CC[C@@]1(O)C[C@@H]2[C@@H]3CCc4cc(OC)ccc4[C@@H]3CC[C@]2(C)[C@@H]1O. The molecule has 3 nitrogen and oxygen atoms in total. The van der Waals surface area contributed by atoms with Crippen molar-refractivity contribution in [3.8, 4) is 5.75 Å². The van der Waals surface area contributed by atoms with Crippen molar-refractivity contribution in [1.82, 2.24) is 0 Å². The number of aliphatic hydroxyl groups is 2. The number of hydrogen-bond donors (Lipinski definition) is 2. The molecule has 6 atom stereocenters. The van der Waals surface area contributed by atoms with Crippen molar-refractivity contribution >= 4 is 0 Å². The van der Waals surface area contributed by atoms with E-state index in [9.17, 15) is 10.2 Å². The minimum Gasteiger partial charge on any atom is -0.497 e. The van der Waals surface area contributed by atoms with Gasteiger partial charge in [-0.15, -0.1) is 0 Å². The molecule has 3 aliphatic rings. The van der Waals surface area contributed by atoms with Crippen LogP contribution in [0.15, 0.2) is 18.2 Å². The number of rotatable bonds is 2. The van der Waals surface area contributed by atoms with E-state index in [-0.39, 0.29) is 5.41 Å². The number of ether oxygens (including phenoxy) is 1. The maximum Gasteiger partial charge on any atom is 0.119 e. The molecule has 0 amide bonds. The molecule has 2 saturated carbocycles. The Balaban J connectivity index is 1.69. The van der Waals surface area contributed by atoms with Gasteiger partial charge >= 0.3 is 0 Å². The first kappa shape index (κ1) is 16.4. The molecule has 2 fully saturated rings. The number of fused-ring (bicyclic) bond motifs is 5. The van der Waals surface area contributed by atoms with E-state index in [1.54, 1.807) is 7.11 Å². The van der Waals surface area contributed by atoms with E-state index >= 15 is 0 Å². The zero-order valence-corrected chi connectivity index (χ0v) is 15.1. The number of aliphatic hydroxyl groups excluding tert-OH is 1. The van der Waals surface area contributed by atoms with Crippen LogP contribution in [0.2, 0.25) is 0 Å². The predicted octanol–water partition coefficient (Wildman–Crippen LogP) is 3.66. The number of benzene rings is 1. The Labute approximate surface area is 145 Å². The summed E-state index contributed by atoms with van der Waals surface area (Å²) in [7, 11) is 1.73. The zero-order chi connectivity index (χ0) is 17.1. The molecule has 132 valence electrons.